The average molecular weight is 393 g/mol. The average Bonchev–Trinajstić information content (AvgIpc) is 3.04. The van der Waals surface area contributed by atoms with Gasteiger partial charge in [-0.3, -0.25) is 9.69 Å². The van der Waals surface area contributed by atoms with Gasteiger partial charge >= 0.3 is 0 Å². The third-order valence-electron chi connectivity index (χ3n) is 5.15. The maximum absolute atomic E-state index is 13.3. The number of hydrogen-bond donors (Lipinski definition) is 0. The van der Waals surface area contributed by atoms with Gasteiger partial charge < -0.3 is 4.74 Å². The third-order valence-corrected chi connectivity index (χ3v) is 6.14. The number of nitrogens with zero attached hydrogens (tertiary/aromatic N) is 2. The normalized spacial score (nSPS) is 20.9. The number of aliphatic imine (C=N–C) groups is 1. The van der Waals surface area contributed by atoms with E-state index < -0.39 is 0 Å². The van der Waals surface area contributed by atoms with E-state index in [-0.39, 0.29) is 5.91 Å². The fourth-order valence-corrected chi connectivity index (χ4v) is 4.72. The number of carbonyl (C=O) groups is 1. The van der Waals surface area contributed by atoms with E-state index in [0.717, 1.165) is 22.0 Å². The Morgan fingerprint density at radius 2 is 1.75 bits per heavy atom. The van der Waals surface area contributed by atoms with Crippen LogP contribution in [0.25, 0.3) is 0 Å². The zero-order chi connectivity index (χ0) is 19.3. The molecule has 1 saturated heterocycles. The van der Waals surface area contributed by atoms with Crippen LogP contribution >= 0.6 is 11.8 Å². The number of amidine groups is 1. The van der Waals surface area contributed by atoms with Gasteiger partial charge in [-0.2, -0.15) is 0 Å². The Hall–Kier alpha value is -2.53. The number of hydrogen-bond acceptors (Lipinski definition) is 4. The summed E-state index contributed by atoms with van der Waals surface area (Å²) >= 11 is 1.48. The minimum Gasteiger partial charge on any atom is -0.497 e. The van der Waals surface area contributed by atoms with Gasteiger partial charge in [0.05, 0.1) is 23.4 Å². The van der Waals surface area contributed by atoms with Crippen molar-refractivity contribution >= 4 is 34.2 Å². The molecule has 144 valence electrons. The lowest BCUT2D eigenvalue weighted by atomic mass is 9.89. The first-order valence-electron chi connectivity index (χ1n) is 9.76. The molecule has 28 heavy (non-hydrogen) atoms. The molecule has 2 aliphatic rings. The van der Waals surface area contributed by atoms with Crippen molar-refractivity contribution in [2.24, 2.45) is 10.9 Å². The van der Waals surface area contributed by atoms with Gasteiger partial charge in [-0.05, 0) is 66.9 Å². The van der Waals surface area contributed by atoms with Crippen LogP contribution in [0.2, 0.25) is 0 Å². The molecule has 1 aliphatic heterocycles. The molecule has 0 radical (unpaired) electrons. The molecule has 4 nitrogen and oxygen atoms in total. The van der Waals surface area contributed by atoms with E-state index in [1.165, 1.54) is 43.9 Å². The Morgan fingerprint density at radius 1 is 1.04 bits per heavy atom. The van der Waals surface area contributed by atoms with Gasteiger partial charge in [0.25, 0.3) is 5.91 Å². The molecular weight excluding hydrogens is 368 g/mol. The van der Waals surface area contributed by atoms with E-state index in [9.17, 15) is 4.79 Å². The summed E-state index contributed by atoms with van der Waals surface area (Å²) in [6, 6.07) is 17.3. The molecule has 0 unspecified atom stereocenters. The summed E-state index contributed by atoms with van der Waals surface area (Å²) in [5.74, 6) is 1.27. The number of amides is 1. The molecule has 1 heterocycles. The first kappa shape index (κ1) is 18.8. The smallest absolute Gasteiger partial charge is 0.271 e. The van der Waals surface area contributed by atoms with Crippen LogP contribution in [0.15, 0.2) is 70.6 Å². The number of allylic oxidation sites excluding steroid dienone is 1. The molecule has 0 atom stereocenters. The minimum absolute atomic E-state index is 0.00965. The van der Waals surface area contributed by atoms with Crippen molar-refractivity contribution in [1.82, 2.24) is 0 Å². The lowest BCUT2D eigenvalue weighted by Crippen LogP contribution is -2.28. The second kappa shape index (κ2) is 8.65. The van der Waals surface area contributed by atoms with Crippen molar-refractivity contribution in [3.05, 3.63) is 65.6 Å². The summed E-state index contributed by atoms with van der Waals surface area (Å²) in [6.45, 7) is 0. The summed E-state index contributed by atoms with van der Waals surface area (Å²) in [6.07, 6.45) is 8.33. The molecule has 0 bridgehead atoms. The molecule has 1 aliphatic carbocycles. The Morgan fingerprint density at radius 3 is 2.43 bits per heavy atom. The second-order valence-electron chi connectivity index (χ2n) is 7.10. The summed E-state index contributed by atoms with van der Waals surface area (Å²) in [4.78, 5) is 20.5. The predicted molar refractivity (Wildman–Crippen MR) is 116 cm³/mol. The van der Waals surface area contributed by atoms with Crippen LogP contribution < -0.4 is 9.64 Å². The largest absolute Gasteiger partial charge is 0.497 e. The van der Waals surface area contributed by atoms with Crippen LogP contribution in [0.1, 0.15) is 32.1 Å². The zero-order valence-electron chi connectivity index (χ0n) is 16.0. The highest BCUT2D eigenvalue weighted by Gasteiger charge is 2.35. The molecule has 2 aromatic rings. The zero-order valence-corrected chi connectivity index (χ0v) is 16.8. The van der Waals surface area contributed by atoms with Gasteiger partial charge in [-0.1, -0.05) is 43.5 Å². The molecule has 5 heteroatoms. The maximum Gasteiger partial charge on any atom is 0.271 e. The molecule has 0 aromatic heterocycles. The maximum atomic E-state index is 13.3. The van der Waals surface area contributed by atoms with E-state index in [1.54, 1.807) is 12.0 Å². The van der Waals surface area contributed by atoms with Crippen LogP contribution in [0.5, 0.6) is 5.75 Å². The number of thioether (sulfide) groups is 1. The van der Waals surface area contributed by atoms with Gasteiger partial charge in [0.1, 0.15) is 5.75 Å². The van der Waals surface area contributed by atoms with Crippen LogP contribution in [0, 0.1) is 5.92 Å². The summed E-state index contributed by atoms with van der Waals surface area (Å²) in [5, 5.41) is 0.698. The first-order chi connectivity index (χ1) is 13.7. The Bertz CT molecular complexity index is 885. The minimum atomic E-state index is 0.00965. The van der Waals surface area contributed by atoms with Crippen molar-refractivity contribution in [3.63, 3.8) is 0 Å². The van der Waals surface area contributed by atoms with Crippen molar-refractivity contribution in [3.8, 4) is 5.75 Å². The molecule has 2 fully saturated rings. The van der Waals surface area contributed by atoms with Gasteiger partial charge in [0.2, 0.25) is 0 Å². The topological polar surface area (TPSA) is 41.9 Å². The van der Waals surface area contributed by atoms with Crippen molar-refractivity contribution in [2.45, 2.75) is 32.1 Å². The van der Waals surface area contributed by atoms with E-state index >= 15 is 0 Å². The molecular formula is C23H24N2O2S. The Kier molecular flexibility index (Phi) is 5.81. The summed E-state index contributed by atoms with van der Waals surface area (Å²) in [5.41, 5.74) is 1.65. The van der Waals surface area contributed by atoms with Crippen molar-refractivity contribution < 1.29 is 9.53 Å². The molecule has 1 saturated carbocycles. The first-order valence-corrected chi connectivity index (χ1v) is 10.6. The Balaban J connectivity index is 1.69. The number of methoxy groups -OCH3 is 1. The summed E-state index contributed by atoms with van der Waals surface area (Å²) < 4.78 is 5.25. The standard InChI is InChI=1S/C23H24N2O2S/c1-27-20-14-12-19(13-15-20)25-22(26)21(16-17-8-4-2-5-9-17)28-23(25)24-18-10-6-3-7-11-18/h3,6-7,10-17H,2,4-5,8-9H2,1H3/b21-16-,24-23?. The quantitative estimate of drug-likeness (QED) is 0.606. The molecule has 0 spiro atoms. The lowest BCUT2D eigenvalue weighted by Gasteiger charge is -2.18. The van der Waals surface area contributed by atoms with Gasteiger partial charge in [-0.15, -0.1) is 0 Å². The van der Waals surface area contributed by atoms with E-state index in [4.69, 9.17) is 9.73 Å². The van der Waals surface area contributed by atoms with Crippen LogP contribution in [-0.2, 0) is 4.79 Å². The number of rotatable bonds is 4. The van der Waals surface area contributed by atoms with Gasteiger partial charge in [0, 0.05) is 0 Å². The van der Waals surface area contributed by atoms with Crippen molar-refractivity contribution in [1.29, 1.82) is 0 Å². The second-order valence-corrected chi connectivity index (χ2v) is 8.11. The molecule has 1 amide bonds. The fraction of sp³-hybridized carbons (Fsp3) is 0.304. The van der Waals surface area contributed by atoms with Gasteiger partial charge in [-0.25, -0.2) is 4.99 Å². The molecule has 4 rings (SSSR count). The van der Waals surface area contributed by atoms with Gasteiger partial charge in [0.15, 0.2) is 5.17 Å². The van der Waals surface area contributed by atoms with Crippen LogP contribution in [-0.4, -0.2) is 18.2 Å². The number of benzene rings is 2. The molecule has 2 aromatic carbocycles. The van der Waals surface area contributed by atoms with E-state index in [2.05, 4.69) is 6.08 Å². The number of para-hydroxylation sites is 1. The third kappa shape index (κ3) is 4.14. The van der Waals surface area contributed by atoms with E-state index in [0.29, 0.717) is 11.1 Å². The predicted octanol–water partition coefficient (Wildman–Crippen LogP) is 5.93. The highest BCUT2D eigenvalue weighted by Crippen LogP contribution is 2.38. The lowest BCUT2D eigenvalue weighted by molar-refractivity contribution is -0.113. The molecule has 0 N–H and O–H groups in total. The number of ether oxygens (including phenoxy) is 1. The van der Waals surface area contributed by atoms with Crippen LogP contribution in [0.4, 0.5) is 11.4 Å². The number of anilines is 1. The van der Waals surface area contributed by atoms with Crippen molar-refractivity contribution in [2.75, 3.05) is 12.0 Å². The highest BCUT2D eigenvalue weighted by atomic mass is 32.2. The monoisotopic (exact) mass is 392 g/mol. The number of carbonyl (C=O) groups excluding carboxylic acids is 1. The van der Waals surface area contributed by atoms with Crippen LogP contribution in [0.3, 0.4) is 0 Å². The Labute approximate surface area is 170 Å². The highest BCUT2D eigenvalue weighted by molar-refractivity contribution is 8.19. The fourth-order valence-electron chi connectivity index (χ4n) is 3.65. The SMILES string of the molecule is COc1ccc(N2C(=O)/C(=C/C3CCCCC3)SC2=Nc2ccccc2)cc1. The van der Waals surface area contributed by atoms with E-state index in [1.807, 2.05) is 54.6 Å². The summed E-state index contributed by atoms with van der Waals surface area (Å²) in [7, 11) is 1.64.